The number of Topliss-reactive ketones (excluding diaryl/α,β-unsaturated/α-hetero) is 1. The molecule has 0 spiro atoms. The maximum absolute atomic E-state index is 13.9. The Balaban J connectivity index is 1.44. The molecule has 1 amide bonds. The lowest BCUT2D eigenvalue weighted by atomic mass is 10.0. The summed E-state index contributed by atoms with van der Waals surface area (Å²) < 4.78 is 28.5. The molecule has 3 aliphatic rings. The van der Waals surface area contributed by atoms with Crippen LogP contribution in [0.1, 0.15) is 52.1 Å². The van der Waals surface area contributed by atoms with Crippen LogP contribution in [0.25, 0.3) is 0 Å². The van der Waals surface area contributed by atoms with Gasteiger partial charge in [-0.1, -0.05) is 6.07 Å². The lowest BCUT2D eigenvalue weighted by Gasteiger charge is -2.48. The third-order valence-corrected chi connectivity index (χ3v) is 6.89. The third-order valence-electron chi connectivity index (χ3n) is 6.89. The minimum absolute atomic E-state index is 0.0162. The second-order valence-corrected chi connectivity index (χ2v) is 8.68. The minimum Gasteiger partial charge on any atom is -0.503 e. The first kappa shape index (κ1) is 20.8. The maximum Gasteiger partial charge on any atom is 0.275 e. The van der Waals surface area contributed by atoms with E-state index in [1.807, 2.05) is 0 Å². The van der Waals surface area contributed by atoms with Gasteiger partial charge in [0.1, 0.15) is 17.8 Å². The number of ketones is 1. The number of hydrogen-bond acceptors (Lipinski definition) is 5. The van der Waals surface area contributed by atoms with Gasteiger partial charge < -0.3 is 14.6 Å². The summed E-state index contributed by atoms with van der Waals surface area (Å²) in [7, 11) is 0. The number of hydrogen-bond donors (Lipinski definition) is 1. The summed E-state index contributed by atoms with van der Waals surface area (Å²) in [5, 5.41) is 10.5. The zero-order valence-electron chi connectivity index (χ0n) is 17.4. The van der Waals surface area contributed by atoms with Crippen molar-refractivity contribution in [2.24, 2.45) is 0 Å². The number of aromatic nitrogens is 1. The van der Waals surface area contributed by atoms with Crippen LogP contribution in [-0.2, 0) is 13.0 Å². The Kier molecular flexibility index (Phi) is 5.08. The van der Waals surface area contributed by atoms with Crippen molar-refractivity contribution in [3.05, 3.63) is 63.1 Å². The van der Waals surface area contributed by atoms with Crippen LogP contribution in [0.4, 0.5) is 8.78 Å². The van der Waals surface area contributed by atoms with E-state index in [-0.39, 0.29) is 35.8 Å². The van der Waals surface area contributed by atoms with Crippen LogP contribution < -0.4 is 5.43 Å². The van der Waals surface area contributed by atoms with E-state index in [1.165, 1.54) is 16.8 Å². The molecule has 4 heterocycles. The number of nitrogens with zero attached hydrogens (tertiary/aromatic N) is 3. The highest BCUT2D eigenvalue weighted by atomic mass is 19.1. The van der Waals surface area contributed by atoms with E-state index in [9.17, 15) is 28.3 Å². The number of halogens is 2. The molecule has 1 aromatic carbocycles. The maximum atomic E-state index is 13.9. The Morgan fingerprint density at radius 3 is 2.75 bits per heavy atom. The standard InChI is InChI=1S/C23H23F2N3O4/c24-14-5-3-13(17(25)10-14)4-6-18(29)16-11-26-12-19-27-8-1-2-15(27)7-9-28(19)23(32)20(26)22(31)21(16)30/h3,5,10-11,15,19,31H,1-2,4,6-9,12H2/t15-,19-/m0/s1. The van der Waals surface area contributed by atoms with E-state index in [4.69, 9.17) is 0 Å². The molecule has 9 heteroatoms. The Morgan fingerprint density at radius 1 is 1.16 bits per heavy atom. The van der Waals surface area contributed by atoms with Crippen LogP contribution in [0.5, 0.6) is 5.75 Å². The molecule has 3 aliphatic heterocycles. The molecule has 2 saturated heterocycles. The summed E-state index contributed by atoms with van der Waals surface area (Å²) in [5.41, 5.74) is -1.06. The van der Waals surface area contributed by atoms with Gasteiger partial charge in [-0.3, -0.25) is 19.3 Å². The highest BCUT2D eigenvalue weighted by Crippen LogP contribution is 2.34. The fraction of sp³-hybridized carbons (Fsp3) is 0.435. The number of pyridine rings is 1. The van der Waals surface area contributed by atoms with Crippen molar-refractivity contribution in [1.29, 1.82) is 0 Å². The second kappa shape index (κ2) is 7.81. The summed E-state index contributed by atoms with van der Waals surface area (Å²) in [5.74, 6) is -3.17. The third kappa shape index (κ3) is 3.31. The number of rotatable bonds is 4. The number of fused-ring (bicyclic) bond motifs is 4. The number of carbonyl (C=O) groups excluding carboxylic acids is 2. The summed E-state index contributed by atoms with van der Waals surface area (Å²) in [6, 6.07) is 3.53. The molecule has 1 N–H and O–H groups in total. The molecule has 7 nitrogen and oxygen atoms in total. The van der Waals surface area contributed by atoms with E-state index in [0.29, 0.717) is 19.1 Å². The quantitative estimate of drug-likeness (QED) is 0.734. The molecule has 1 aromatic heterocycles. The van der Waals surface area contributed by atoms with Gasteiger partial charge in [-0.05, 0) is 37.3 Å². The lowest BCUT2D eigenvalue weighted by Crippen LogP contribution is -2.62. The first-order chi connectivity index (χ1) is 15.3. The second-order valence-electron chi connectivity index (χ2n) is 8.68. The van der Waals surface area contributed by atoms with Crippen LogP contribution in [0.2, 0.25) is 0 Å². The van der Waals surface area contributed by atoms with Crippen LogP contribution in [0.3, 0.4) is 0 Å². The number of aryl methyl sites for hydroxylation is 1. The summed E-state index contributed by atoms with van der Waals surface area (Å²) in [4.78, 5) is 42.6. The van der Waals surface area contributed by atoms with Crippen LogP contribution in [0.15, 0.2) is 29.2 Å². The highest BCUT2D eigenvalue weighted by Gasteiger charge is 2.45. The van der Waals surface area contributed by atoms with Crippen molar-refractivity contribution >= 4 is 11.7 Å². The van der Waals surface area contributed by atoms with Crippen molar-refractivity contribution in [3.8, 4) is 5.75 Å². The van der Waals surface area contributed by atoms with E-state index in [2.05, 4.69) is 4.90 Å². The lowest BCUT2D eigenvalue weighted by molar-refractivity contribution is -0.0211. The van der Waals surface area contributed by atoms with Gasteiger partial charge in [-0.15, -0.1) is 0 Å². The van der Waals surface area contributed by atoms with Crippen LogP contribution in [-0.4, -0.2) is 56.5 Å². The van der Waals surface area contributed by atoms with Gasteiger partial charge in [0.2, 0.25) is 5.43 Å². The zero-order chi connectivity index (χ0) is 22.6. The van der Waals surface area contributed by atoms with Crippen molar-refractivity contribution in [3.63, 3.8) is 0 Å². The SMILES string of the molecule is O=C(CCc1ccc(F)cc1F)c1cn2c(c(O)c1=O)C(=O)N1CC[C@@H]3CCCN3[C@@H]1C2. The first-order valence-electron chi connectivity index (χ1n) is 10.9. The Bertz CT molecular complexity index is 1180. The number of amides is 1. The van der Waals surface area contributed by atoms with Crippen LogP contribution >= 0.6 is 0 Å². The predicted molar refractivity (Wildman–Crippen MR) is 111 cm³/mol. The smallest absolute Gasteiger partial charge is 0.275 e. The first-order valence-corrected chi connectivity index (χ1v) is 10.9. The van der Waals surface area contributed by atoms with Gasteiger partial charge in [0.25, 0.3) is 5.91 Å². The Hall–Kier alpha value is -3.07. The molecule has 168 valence electrons. The number of aromatic hydroxyl groups is 1. The zero-order valence-corrected chi connectivity index (χ0v) is 17.4. The molecule has 5 rings (SSSR count). The summed E-state index contributed by atoms with van der Waals surface area (Å²) >= 11 is 0. The molecule has 2 fully saturated rings. The summed E-state index contributed by atoms with van der Waals surface area (Å²) in [6.07, 6.45) is 3.99. The molecule has 2 aromatic rings. The van der Waals surface area contributed by atoms with E-state index in [0.717, 1.165) is 37.9 Å². The monoisotopic (exact) mass is 443 g/mol. The molecule has 0 saturated carbocycles. The molecule has 0 bridgehead atoms. The average Bonchev–Trinajstić information content (AvgIpc) is 3.25. The highest BCUT2D eigenvalue weighted by molar-refractivity contribution is 6.00. The molecule has 0 aliphatic carbocycles. The van der Waals surface area contributed by atoms with Crippen molar-refractivity contribution < 1.29 is 23.5 Å². The van der Waals surface area contributed by atoms with E-state index in [1.54, 1.807) is 4.90 Å². The minimum atomic E-state index is -0.899. The van der Waals surface area contributed by atoms with Gasteiger partial charge in [0.05, 0.1) is 12.1 Å². The van der Waals surface area contributed by atoms with Gasteiger partial charge in [-0.2, -0.15) is 0 Å². The molecular weight excluding hydrogens is 420 g/mol. The van der Waals surface area contributed by atoms with E-state index >= 15 is 0 Å². The molecule has 0 radical (unpaired) electrons. The largest absolute Gasteiger partial charge is 0.503 e. The molecular formula is C23H23F2N3O4. The average molecular weight is 443 g/mol. The Labute approximate surface area is 182 Å². The van der Waals surface area contributed by atoms with E-state index < -0.39 is 34.5 Å². The van der Waals surface area contributed by atoms with Gasteiger partial charge in [0, 0.05) is 37.8 Å². The number of carbonyl (C=O) groups is 2. The fourth-order valence-corrected chi connectivity index (χ4v) is 5.25. The van der Waals surface area contributed by atoms with Gasteiger partial charge in [0.15, 0.2) is 17.2 Å². The van der Waals surface area contributed by atoms with Gasteiger partial charge >= 0.3 is 0 Å². The predicted octanol–water partition coefficient (Wildman–Crippen LogP) is 2.30. The van der Waals surface area contributed by atoms with Crippen molar-refractivity contribution in [2.75, 3.05) is 13.1 Å². The molecule has 0 unspecified atom stereocenters. The fourth-order valence-electron chi connectivity index (χ4n) is 5.25. The summed E-state index contributed by atoms with van der Waals surface area (Å²) in [6.45, 7) is 1.82. The molecule has 32 heavy (non-hydrogen) atoms. The normalized spacial score (nSPS) is 22.4. The molecule has 2 atom stereocenters. The van der Waals surface area contributed by atoms with Crippen molar-refractivity contribution in [1.82, 2.24) is 14.4 Å². The topological polar surface area (TPSA) is 82.8 Å². The number of benzene rings is 1. The van der Waals surface area contributed by atoms with Crippen molar-refractivity contribution in [2.45, 2.75) is 50.9 Å². The Morgan fingerprint density at radius 2 is 1.97 bits per heavy atom. The van der Waals surface area contributed by atoms with Crippen LogP contribution in [0, 0.1) is 11.6 Å². The van der Waals surface area contributed by atoms with Gasteiger partial charge in [-0.25, -0.2) is 8.78 Å².